The summed E-state index contributed by atoms with van der Waals surface area (Å²) in [6, 6.07) is 11.9. The van der Waals surface area contributed by atoms with E-state index >= 15 is 0 Å². The highest BCUT2D eigenvalue weighted by Crippen LogP contribution is 2.32. The average molecular weight is 350 g/mol. The van der Waals surface area contributed by atoms with Crippen LogP contribution in [0, 0.1) is 6.92 Å². The van der Waals surface area contributed by atoms with Gasteiger partial charge in [-0.25, -0.2) is 4.98 Å². The number of fused-ring (bicyclic) bond motifs is 1. The van der Waals surface area contributed by atoms with Gasteiger partial charge in [0.15, 0.2) is 0 Å². The number of benzene rings is 1. The Morgan fingerprint density at radius 2 is 1.88 bits per heavy atom. The molecule has 0 N–H and O–H groups in total. The van der Waals surface area contributed by atoms with Crippen molar-refractivity contribution in [2.24, 2.45) is 0 Å². The van der Waals surface area contributed by atoms with E-state index in [0.29, 0.717) is 22.0 Å². The smallest absolute Gasteiger partial charge is 0.269 e. The van der Waals surface area contributed by atoms with Gasteiger partial charge in [-0.05, 0) is 37.3 Å². The first-order valence-corrected chi connectivity index (χ1v) is 8.11. The summed E-state index contributed by atoms with van der Waals surface area (Å²) in [5, 5.41) is 0. The molecule has 0 aliphatic heterocycles. The van der Waals surface area contributed by atoms with Crippen molar-refractivity contribution in [2.45, 2.75) is 23.7 Å². The molecule has 0 spiro atoms. The summed E-state index contributed by atoms with van der Waals surface area (Å²) in [6.07, 6.45) is -4.37. The highest BCUT2D eigenvalue weighted by molar-refractivity contribution is 7.98. The average Bonchev–Trinajstić information content (AvgIpc) is 2.52. The first-order chi connectivity index (χ1) is 11.3. The van der Waals surface area contributed by atoms with Gasteiger partial charge in [-0.15, -0.1) is 11.8 Å². The fraction of sp³-hybridized carbons (Fsp3) is 0.176. The third-order valence-electron chi connectivity index (χ3n) is 3.48. The molecule has 0 bridgehead atoms. The Morgan fingerprint density at radius 1 is 1.12 bits per heavy atom. The SMILES string of the molecule is Cc1cccc2nc(CSc3cccc(C(F)(F)F)c3)cc(=O)n12. The van der Waals surface area contributed by atoms with E-state index in [1.807, 2.05) is 13.0 Å². The minimum atomic E-state index is -4.37. The van der Waals surface area contributed by atoms with Gasteiger partial charge in [-0.1, -0.05) is 12.1 Å². The number of hydrogen-bond acceptors (Lipinski definition) is 3. The summed E-state index contributed by atoms with van der Waals surface area (Å²) >= 11 is 1.21. The number of nitrogens with zero attached hydrogens (tertiary/aromatic N) is 2. The molecule has 0 radical (unpaired) electrons. The van der Waals surface area contributed by atoms with Crippen LogP contribution in [0.15, 0.2) is 58.2 Å². The van der Waals surface area contributed by atoms with Gasteiger partial charge in [0.1, 0.15) is 5.65 Å². The molecular weight excluding hydrogens is 337 g/mol. The molecule has 3 nitrogen and oxygen atoms in total. The number of aryl methyl sites for hydroxylation is 1. The minimum Gasteiger partial charge on any atom is -0.269 e. The van der Waals surface area contributed by atoms with Gasteiger partial charge in [0, 0.05) is 22.4 Å². The standard InChI is InChI=1S/C17H13F3N2OS/c1-11-4-2-7-15-21-13(9-16(23)22(11)15)10-24-14-6-3-5-12(8-14)17(18,19)20/h2-9H,10H2,1H3. The largest absolute Gasteiger partial charge is 0.416 e. The highest BCUT2D eigenvalue weighted by atomic mass is 32.2. The van der Waals surface area contributed by atoms with Crippen LogP contribution in [0.1, 0.15) is 17.0 Å². The lowest BCUT2D eigenvalue weighted by atomic mass is 10.2. The molecule has 0 aliphatic rings. The molecule has 2 aromatic heterocycles. The lowest BCUT2D eigenvalue weighted by molar-refractivity contribution is -0.137. The van der Waals surface area contributed by atoms with Gasteiger partial charge in [-0.3, -0.25) is 9.20 Å². The Balaban J connectivity index is 1.85. The number of aromatic nitrogens is 2. The van der Waals surface area contributed by atoms with Crippen molar-refractivity contribution >= 4 is 17.4 Å². The zero-order valence-electron chi connectivity index (χ0n) is 12.7. The predicted octanol–water partition coefficient (Wildman–Crippen LogP) is 4.31. The van der Waals surface area contributed by atoms with E-state index in [4.69, 9.17) is 0 Å². The summed E-state index contributed by atoms with van der Waals surface area (Å²) in [4.78, 5) is 17.1. The highest BCUT2D eigenvalue weighted by Gasteiger charge is 2.30. The Bertz CT molecular complexity index is 950. The van der Waals surface area contributed by atoms with Crippen molar-refractivity contribution in [1.29, 1.82) is 0 Å². The van der Waals surface area contributed by atoms with E-state index in [9.17, 15) is 18.0 Å². The van der Waals surface area contributed by atoms with Crippen LogP contribution in [-0.2, 0) is 11.9 Å². The van der Waals surface area contributed by atoms with Crippen molar-refractivity contribution < 1.29 is 13.2 Å². The van der Waals surface area contributed by atoms with E-state index in [-0.39, 0.29) is 5.56 Å². The van der Waals surface area contributed by atoms with Gasteiger partial charge < -0.3 is 0 Å². The first kappa shape index (κ1) is 16.6. The summed E-state index contributed by atoms with van der Waals surface area (Å²) in [5.41, 5.74) is 0.963. The van der Waals surface area contributed by atoms with Crippen LogP contribution >= 0.6 is 11.8 Å². The molecule has 0 fully saturated rings. The molecule has 0 atom stereocenters. The van der Waals surface area contributed by atoms with Crippen LogP contribution in [0.25, 0.3) is 5.65 Å². The van der Waals surface area contributed by atoms with Crippen LogP contribution in [0.5, 0.6) is 0 Å². The predicted molar refractivity (Wildman–Crippen MR) is 87.2 cm³/mol. The number of rotatable bonds is 3. The van der Waals surface area contributed by atoms with Gasteiger partial charge in [0.25, 0.3) is 5.56 Å². The van der Waals surface area contributed by atoms with Crippen LogP contribution in [-0.4, -0.2) is 9.38 Å². The molecule has 3 rings (SSSR count). The van der Waals surface area contributed by atoms with E-state index in [2.05, 4.69) is 4.98 Å². The molecule has 1 aromatic carbocycles. The van der Waals surface area contributed by atoms with Crippen molar-refractivity contribution in [1.82, 2.24) is 9.38 Å². The Kier molecular flexibility index (Phi) is 4.36. The fourth-order valence-corrected chi connectivity index (χ4v) is 3.20. The van der Waals surface area contributed by atoms with Crippen LogP contribution in [0.3, 0.4) is 0 Å². The maximum Gasteiger partial charge on any atom is 0.416 e. The number of thioether (sulfide) groups is 1. The summed E-state index contributed by atoms with van der Waals surface area (Å²) in [5.74, 6) is 0.320. The van der Waals surface area contributed by atoms with Gasteiger partial charge >= 0.3 is 6.18 Å². The van der Waals surface area contributed by atoms with Crippen molar-refractivity contribution in [3.05, 3.63) is 75.8 Å². The molecule has 24 heavy (non-hydrogen) atoms. The molecule has 2 heterocycles. The number of hydrogen-bond donors (Lipinski definition) is 0. The Hall–Kier alpha value is -2.28. The van der Waals surface area contributed by atoms with Crippen LogP contribution in [0.2, 0.25) is 0 Å². The van der Waals surface area contributed by atoms with Gasteiger partial charge in [0.2, 0.25) is 0 Å². The first-order valence-electron chi connectivity index (χ1n) is 7.13. The van der Waals surface area contributed by atoms with E-state index < -0.39 is 11.7 Å². The summed E-state index contributed by atoms with van der Waals surface area (Å²) in [6.45, 7) is 1.81. The van der Waals surface area contributed by atoms with E-state index in [1.54, 1.807) is 18.2 Å². The molecule has 0 amide bonds. The van der Waals surface area contributed by atoms with Crippen molar-refractivity contribution in [2.75, 3.05) is 0 Å². The monoisotopic (exact) mass is 350 g/mol. The second-order valence-electron chi connectivity index (χ2n) is 5.26. The van der Waals surface area contributed by atoms with Gasteiger partial charge in [-0.2, -0.15) is 13.2 Å². The Morgan fingerprint density at radius 3 is 2.62 bits per heavy atom. The zero-order chi connectivity index (χ0) is 17.3. The molecule has 0 aliphatic carbocycles. The number of halogens is 3. The van der Waals surface area contributed by atoms with Gasteiger partial charge in [0.05, 0.1) is 11.3 Å². The number of pyridine rings is 1. The summed E-state index contributed by atoms with van der Waals surface area (Å²) in [7, 11) is 0. The lowest BCUT2D eigenvalue weighted by Gasteiger charge is -2.09. The normalized spacial score (nSPS) is 11.8. The fourth-order valence-electron chi connectivity index (χ4n) is 2.36. The van der Waals surface area contributed by atoms with E-state index in [0.717, 1.165) is 17.8 Å². The quantitative estimate of drug-likeness (QED) is 0.660. The summed E-state index contributed by atoms with van der Waals surface area (Å²) < 4.78 is 39.7. The molecule has 124 valence electrons. The maximum atomic E-state index is 12.7. The topological polar surface area (TPSA) is 34.4 Å². The van der Waals surface area contributed by atoms with E-state index in [1.165, 1.54) is 28.3 Å². The lowest BCUT2D eigenvalue weighted by Crippen LogP contribution is -2.17. The molecule has 0 saturated carbocycles. The molecule has 0 saturated heterocycles. The second-order valence-corrected chi connectivity index (χ2v) is 6.31. The maximum absolute atomic E-state index is 12.7. The third kappa shape index (κ3) is 3.46. The van der Waals surface area contributed by atoms with Crippen molar-refractivity contribution in [3.8, 4) is 0 Å². The molecule has 3 aromatic rings. The minimum absolute atomic E-state index is 0.197. The molecule has 0 unspecified atom stereocenters. The second kappa shape index (κ2) is 6.32. The third-order valence-corrected chi connectivity index (χ3v) is 4.51. The van der Waals surface area contributed by atoms with Crippen LogP contribution < -0.4 is 5.56 Å². The zero-order valence-corrected chi connectivity index (χ0v) is 13.5. The molecule has 7 heteroatoms. The molecular formula is C17H13F3N2OS. The van der Waals surface area contributed by atoms with Crippen LogP contribution in [0.4, 0.5) is 13.2 Å². The Labute approximate surface area is 140 Å². The number of alkyl halides is 3. The van der Waals surface area contributed by atoms with Crippen molar-refractivity contribution in [3.63, 3.8) is 0 Å².